The van der Waals surface area contributed by atoms with Crippen LogP contribution in [0.1, 0.15) is 36.0 Å². The molecule has 6 heteroatoms. The molecule has 2 aromatic heterocycles. The van der Waals surface area contributed by atoms with Crippen molar-refractivity contribution in [2.75, 3.05) is 4.90 Å². The average Bonchev–Trinajstić information content (AvgIpc) is 3.24. The van der Waals surface area contributed by atoms with Crippen molar-refractivity contribution in [2.24, 2.45) is 0 Å². The van der Waals surface area contributed by atoms with Crippen molar-refractivity contribution < 1.29 is 9.21 Å². The van der Waals surface area contributed by atoms with Crippen LogP contribution < -0.4 is 4.90 Å². The molecule has 4 rings (SSSR count). The largest absolute Gasteiger partial charge is 0.444 e. The standard InChI is InChI=1S/C20H20N4O2/c1-2-19(25)24(14-17-12-21-20(26-17)16-8-9-16)18-10-11-23(22-18)13-15-6-4-3-5-7-15/h2-7,10-12,16H,1,8-9,13-14H2. The topological polar surface area (TPSA) is 64.2 Å². The van der Waals surface area contributed by atoms with Gasteiger partial charge in [0.15, 0.2) is 11.7 Å². The maximum Gasteiger partial charge on any atom is 0.252 e. The minimum absolute atomic E-state index is 0.223. The van der Waals surface area contributed by atoms with Crippen LogP contribution in [0.3, 0.4) is 0 Å². The first-order valence-corrected chi connectivity index (χ1v) is 8.69. The van der Waals surface area contributed by atoms with E-state index in [1.165, 1.54) is 6.08 Å². The van der Waals surface area contributed by atoms with Crippen LogP contribution in [0, 0.1) is 0 Å². The Balaban J connectivity index is 1.52. The number of carbonyl (C=O) groups excluding carboxylic acids is 1. The number of anilines is 1. The van der Waals surface area contributed by atoms with E-state index in [2.05, 4.69) is 16.7 Å². The molecule has 1 saturated carbocycles. The molecule has 1 aliphatic rings. The van der Waals surface area contributed by atoms with E-state index >= 15 is 0 Å². The fourth-order valence-corrected chi connectivity index (χ4v) is 2.81. The van der Waals surface area contributed by atoms with Gasteiger partial charge in [0, 0.05) is 18.2 Å². The van der Waals surface area contributed by atoms with Gasteiger partial charge in [0.05, 0.1) is 19.3 Å². The highest BCUT2D eigenvalue weighted by molar-refractivity contribution is 6.00. The smallest absolute Gasteiger partial charge is 0.252 e. The monoisotopic (exact) mass is 348 g/mol. The Labute approximate surface area is 151 Å². The lowest BCUT2D eigenvalue weighted by Crippen LogP contribution is -2.29. The van der Waals surface area contributed by atoms with Crippen molar-refractivity contribution in [1.82, 2.24) is 14.8 Å². The molecule has 0 atom stereocenters. The van der Waals surface area contributed by atoms with E-state index in [1.54, 1.807) is 11.1 Å². The predicted molar refractivity (Wildman–Crippen MR) is 97.6 cm³/mol. The lowest BCUT2D eigenvalue weighted by molar-refractivity contribution is -0.114. The molecule has 0 radical (unpaired) electrons. The number of amides is 1. The van der Waals surface area contributed by atoms with Gasteiger partial charge in [0.2, 0.25) is 0 Å². The molecule has 1 aliphatic carbocycles. The summed E-state index contributed by atoms with van der Waals surface area (Å²) in [4.78, 5) is 18.2. The fourth-order valence-electron chi connectivity index (χ4n) is 2.81. The van der Waals surface area contributed by atoms with Gasteiger partial charge in [-0.2, -0.15) is 5.10 Å². The van der Waals surface area contributed by atoms with Gasteiger partial charge in [-0.05, 0) is 24.5 Å². The molecule has 132 valence electrons. The molecule has 2 heterocycles. The third kappa shape index (κ3) is 3.59. The van der Waals surface area contributed by atoms with Crippen molar-refractivity contribution in [2.45, 2.75) is 31.8 Å². The molecule has 0 N–H and O–H groups in total. The Bertz CT molecular complexity index is 909. The molecule has 3 aromatic rings. The molecule has 26 heavy (non-hydrogen) atoms. The summed E-state index contributed by atoms with van der Waals surface area (Å²) in [6.45, 7) is 4.52. The molecule has 1 amide bonds. The number of aromatic nitrogens is 3. The van der Waals surface area contributed by atoms with Gasteiger partial charge in [-0.25, -0.2) is 4.98 Å². The van der Waals surface area contributed by atoms with Crippen LogP contribution in [0.15, 0.2) is 65.9 Å². The number of oxazole rings is 1. The Hall–Kier alpha value is -3.15. The first kappa shape index (κ1) is 16.3. The average molecular weight is 348 g/mol. The van der Waals surface area contributed by atoms with E-state index in [0.717, 1.165) is 24.3 Å². The van der Waals surface area contributed by atoms with Crippen LogP contribution in [-0.4, -0.2) is 20.7 Å². The second-order valence-corrected chi connectivity index (χ2v) is 6.42. The van der Waals surface area contributed by atoms with Crippen molar-refractivity contribution in [3.05, 3.63) is 78.7 Å². The van der Waals surface area contributed by atoms with Crippen LogP contribution in [0.2, 0.25) is 0 Å². The molecule has 0 saturated heterocycles. The van der Waals surface area contributed by atoms with Crippen molar-refractivity contribution >= 4 is 11.7 Å². The molecule has 0 unspecified atom stereocenters. The highest BCUT2D eigenvalue weighted by atomic mass is 16.4. The van der Waals surface area contributed by atoms with Crippen molar-refractivity contribution in [1.29, 1.82) is 0 Å². The highest BCUT2D eigenvalue weighted by Crippen LogP contribution is 2.39. The van der Waals surface area contributed by atoms with Gasteiger partial charge in [-0.15, -0.1) is 0 Å². The van der Waals surface area contributed by atoms with E-state index in [0.29, 0.717) is 24.0 Å². The van der Waals surface area contributed by atoms with E-state index in [9.17, 15) is 4.79 Å². The number of hydrogen-bond donors (Lipinski definition) is 0. The van der Waals surface area contributed by atoms with Gasteiger partial charge >= 0.3 is 0 Å². The van der Waals surface area contributed by atoms with Crippen molar-refractivity contribution in [3.8, 4) is 0 Å². The third-order valence-corrected chi connectivity index (χ3v) is 4.34. The second-order valence-electron chi connectivity index (χ2n) is 6.42. The van der Waals surface area contributed by atoms with Crippen LogP contribution >= 0.6 is 0 Å². The zero-order chi connectivity index (χ0) is 17.9. The maximum absolute atomic E-state index is 12.3. The minimum Gasteiger partial charge on any atom is -0.444 e. The second kappa shape index (κ2) is 7.00. The first-order valence-electron chi connectivity index (χ1n) is 8.69. The summed E-state index contributed by atoms with van der Waals surface area (Å²) < 4.78 is 7.59. The summed E-state index contributed by atoms with van der Waals surface area (Å²) in [6, 6.07) is 11.9. The van der Waals surface area contributed by atoms with E-state index in [-0.39, 0.29) is 12.5 Å². The molecule has 0 spiro atoms. The van der Waals surface area contributed by atoms with E-state index in [4.69, 9.17) is 4.42 Å². The molecule has 1 aromatic carbocycles. The number of carbonyl (C=O) groups is 1. The highest BCUT2D eigenvalue weighted by Gasteiger charge is 2.29. The van der Waals surface area contributed by atoms with Crippen LogP contribution in [0.4, 0.5) is 5.82 Å². The van der Waals surface area contributed by atoms with Gasteiger partial charge in [-0.3, -0.25) is 14.4 Å². The van der Waals surface area contributed by atoms with Gasteiger partial charge < -0.3 is 4.42 Å². The van der Waals surface area contributed by atoms with Gasteiger partial charge in [-0.1, -0.05) is 36.9 Å². The molecule has 0 aliphatic heterocycles. The summed E-state index contributed by atoms with van der Waals surface area (Å²) in [5.41, 5.74) is 1.15. The number of rotatable bonds is 7. The first-order chi connectivity index (χ1) is 12.7. The lowest BCUT2D eigenvalue weighted by atomic mass is 10.2. The summed E-state index contributed by atoms with van der Waals surface area (Å²) in [6.07, 6.45) is 7.09. The third-order valence-electron chi connectivity index (χ3n) is 4.34. The summed E-state index contributed by atoms with van der Waals surface area (Å²) >= 11 is 0. The molecular formula is C20H20N4O2. The predicted octanol–water partition coefficient (Wildman–Crippen LogP) is 3.52. The Kier molecular flexibility index (Phi) is 4.39. The zero-order valence-electron chi connectivity index (χ0n) is 14.4. The number of benzene rings is 1. The number of nitrogens with zero attached hydrogens (tertiary/aromatic N) is 4. The van der Waals surface area contributed by atoms with Crippen LogP contribution in [0.25, 0.3) is 0 Å². The van der Waals surface area contributed by atoms with Crippen LogP contribution in [-0.2, 0) is 17.9 Å². The minimum atomic E-state index is -0.223. The molecule has 0 bridgehead atoms. The lowest BCUT2D eigenvalue weighted by Gasteiger charge is -2.16. The van der Waals surface area contributed by atoms with Gasteiger partial charge in [0.1, 0.15) is 5.76 Å². The van der Waals surface area contributed by atoms with E-state index in [1.807, 2.05) is 47.3 Å². The van der Waals surface area contributed by atoms with E-state index < -0.39 is 0 Å². The molecule has 1 fully saturated rings. The molecule has 6 nitrogen and oxygen atoms in total. The summed E-state index contributed by atoms with van der Waals surface area (Å²) in [5.74, 6) is 2.20. The van der Waals surface area contributed by atoms with Crippen LogP contribution in [0.5, 0.6) is 0 Å². The molecular weight excluding hydrogens is 328 g/mol. The quantitative estimate of drug-likeness (QED) is 0.613. The number of hydrogen-bond acceptors (Lipinski definition) is 4. The summed E-state index contributed by atoms with van der Waals surface area (Å²) in [5, 5.41) is 4.54. The normalized spacial score (nSPS) is 13.5. The van der Waals surface area contributed by atoms with Gasteiger partial charge in [0.25, 0.3) is 5.91 Å². The van der Waals surface area contributed by atoms with Crippen molar-refractivity contribution in [3.63, 3.8) is 0 Å². The Morgan fingerprint density at radius 3 is 2.85 bits per heavy atom. The Morgan fingerprint density at radius 1 is 1.31 bits per heavy atom. The fraction of sp³-hybridized carbons (Fsp3) is 0.250. The Morgan fingerprint density at radius 2 is 2.12 bits per heavy atom. The summed E-state index contributed by atoms with van der Waals surface area (Å²) in [7, 11) is 0. The SMILES string of the molecule is C=CC(=O)N(Cc1cnc(C2CC2)o1)c1ccn(Cc2ccccc2)n1. The maximum atomic E-state index is 12.3. The zero-order valence-corrected chi connectivity index (χ0v) is 14.4.